The van der Waals surface area contributed by atoms with Crippen molar-refractivity contribution in [2.75, 3.05) is 5.88 Å². The van der Waals surface area contributed by atoms with Crippen LogP contribution < -0.4 is 0 Å². The van der Waals surface area contributed by atoms with Crippen molar-refractivity contribution in [2.45, 2.75) is 84.1 Å². The number of nitrogens with zero attached hydrogens (tertiary/aromatic N) is 1. The maximum Gasteiger partial charge on any atom is 0.411 e. The van der Waals surface area contributed by atoms with Gasteiger partial charge in [0.15, 0.2) is 0 Å². The van der Waals surface area contributed by atoms with E-state index in [9.17, 15) is 14.4 Å². The molecule has 1 aliphatic heterocycles. The van der Waals surface area contributed by atoms with E-state index in [1.807, 2.05) is 0 Å². The zero-order valence-corrected chi connectivity index (χ0v) is 17.3. The number of amides is 1. The van der Waals surface area contributed by atoms with Gasteiger partial charge in [-0.05, 0) is 60.8 Å². The van der Waals surface area contributed by atoms with Crippen LogP contribution in [0.5, 0.6) is 0 Å². The Morgan fingerprint density at radius 3 is 2.19 bits per heavy atom. The van der Waals surface area contributed by atoms with E-state index in [1.165, 1.54) is 4.90 Å². The largest absolute Gasteiger partial charge is 0.458 e. The molecule has 0 aromatic heterocycles. The summed E-state index contributed by atoms with van der Waals surface area (Å²) in [5, 5.41) is 0. The zero-order chi connectivity index (χ0) is 19.9. The highest BCUT2D eigenvalue weighted by Crippen LogP contribution is 2.48. The Balaban J connectivity index is 2.25. The number of rotatable bonds is 4. The number of fused-ring (bicyclic) bond motifs is 1. The summed E-state index contributed by atoms with van der Waals surface area (Å²) in [5.74, 6) is -0.510. The molecule has 1 heterocycles. The highest BCUT2D eigenvalue weighted by atomic mass is 35.5. The molecule has 2 aliphatic rings. The second-order valence-corrected chi connectivity index (χ2v) is 9.49. The third kappa shape index (κ3) is 4.51. The lowest BCUT2D eigenvalue weighted by atomic mass is 9.67. The molecule has 4 atom stereocenters. The molecule has 0 aromatic rings. The van der Waals surface area contributed by atoms with E-state index in [2.05, 4.69) is 0 Å². The number of carbonyl (C=O) groups is 3. The minimum Gasteiger partial charge on any atom is -0.458 e. The van der Waals surface area contributed by atoms with Gasteiger partial charge in [0.2, 0.25) is 0 Å². The smallest absolute Gasteiger partial charge is 0.411 e. The SMILES string of the molecule is CC(C)(C)OC(=O)[C@@H]1C[C@H]2C(=O)[C@@H](CCCCl)[C@H]2N1C(=O)OC(C)(C)C. The summed E-state index contributed by atoms with van der Waals surface area (Å²) in [4.78, 5) is 39.4. The van der Waals surface area contributed by atoms with E-state index in [-0.39, 0.29) is 23.7 Å². The molecule has 1 saturated carbocycles. The van der Waals surface area contributed by atoms with Gasteiger partial charge >= 0.3 is 12.1 Å². The number of halogens is 1. The van der Waals surface area contributed by atoms with Gasteiger partial charge in [0.25, 0.3) is 0 Å². The van der Waals surface area contributed by atoms with Gasteiger partial charge in [-0.3, -0.25) is 9.69 Å². The molecule has 148 valence electrons. The fourth-order valence-corrected chi connectivity index (χ4v) is 3.89. The van der Waals surface area contributed by atoms with Crippen molar-refractivity contribution in [3.8, 4) is 0 Å². The van der Waals surface area contributed by atoms with Gasteiger partial charge in [0.05, 0.1) is 6.04 Å². The summed E-state index contributed by atoms with van der Waals surface area (Å²) < 4.78 is 11.0. The molecule has 1 aliphatic carbocycles. The van der Waals surface area contributed by atoms with Gasteiger partial charge < -0.3 is 9.47 Å². The van der Waals surface area contributed by atoms with Gasteiger partial charge in [-0.2, -0.15) is 0 Å². The highest BCUT2D eigenvalue weighted by molar-refractivity contribution is 6.17. The lowest BCUT2D eigenvalue weighted by Crippen LogP contribution is -2.59. The molecule has 0 spiro atoms. The maximum absolute atomic E-state index is 12.8. The van der Waals surface area contributed by atoms with Crippen LogP contribution in [0.4, 0.5) is 4.79 Å². The van der Waals surface area contributed by atoms with Gasteiger partial charge in [-0.1, -0.05) is 0 Å². The number of Topliss-reactive ketones (excluding diaryl/α,β-unsaturated/α-hetero) is 1. The quantitative estimate of drug-likeness (QED) is 0.545. The molecular weight excluding hydrogens is 358 g/mol. The first-order valence-corrected chi connectivity index (χ1v) is 9.73. The first-order valence-electron chi connectivity index (χ1n) is 9.19. The van der Waals surface area contributed by atoms with E-state index in [0.717, 1.165) is 0 Å². The van der Waals surface area contributed by atoms with E-state index < -0.39 is 29.3 Å². The molecule has 0 bridgehead atoms. The number of ether oxygens (including phenoxy) is 2. The molecule has 26 heavy (non-hydrogen) atoms. The van der Waals surface area contributed by atoms with Crippen molar-refractivity contribution in [3.63, 3.8) is 0 Å². The molecule has 0 N–H and O–H groups in total. The van der Waals surface area contributed by atoms with E-state index in [0.29, 0.717) is 25.1 Å². The maximum atomic E-state index is 12.8. The molecular formula is C19H30ClNO5. The van der Waals surface area contributed by atoms with Gasteiger partial charge in [-0.25, -0.2) is 9.59 Å². The Bertz CT molecular complexity index is 577. The lowest BCUT2D eigenvalue weighted by molar-refractivity contribution is -0.161. The van der Waals surface area contributed by atoms with Gasteiger partial charge in [-0.15, -0.1) is 11.6 Å². The number of carbonyl (C=O) groups excluding carboxylic acids is 3. The molecule has 2 rings (SSSR count). The minimum absolute atomic E-state index is 0.111. The van der Waals surface area contributed by atoms with Crippen molar-refractivity contribution in [1.82, 2.24) is 4.90 Å². The van der Waals surface area contributed by atoms with Crippen LogP contribution in [0, 0.1) is 11.8 Å². The van der Waals surface area contributed by atoms with Gasteiger partial charge in [0, 0.05) is 17.7 Å². The van der Waals surface area contributed by atoms with Crippen LogP contribution in [0.15, 0.2) is 0 Å². The average Bonchev–Trinajstić information content (AvgIpc) is 2.80. The summed E-state index contributed by atoms with van der Waals surface area (Å²) in [7, 11) is 0. The Morgan fingerprint density at radius 2 is 1.69 bits per heavy atom. The van der Waals surface area contributed by atoms with Crippen LogP contribution >= 0.6 is 11.6 Å². The molecule has 2 fully saturated rings. The number of likely N-dealkylation sites (tertiary alicyclic amines) is 1. The molecule has 0 aromatic carbocycles. The topological polar surface area (TPSA) is 72.9 Å². The van der Waals surface area contributed by atoms with Crippen molar-refractivity contribution < 1.29 is 23.9 Å². The van der Waals surface area contributed by atoms with Crippen LogP contribution in [-0.4, -0.2) is 51.9 Å². The fraction of sp³-hybridized carbons (Fsp3) is 0.842. The minimum atomic E-state index is -0.788. The van der Waals surface area contributed by atoms with E-state index >= 15 is 0 Å². The predicted octanol–water partition coefficient (Wildman–Crippen LogP) is 3.54. The molecule has 1 amide bonds. The van der Waals surface area contributed by atoms with E-state index in [1.54, 1.807) is 41.5 Å². The Hall–Kier alpha value is -1.30. The first-order chi connectivity index (χ1) is 11.9. The number of alkyl halides is 1. The average molecular weight is 388 g/mol. The molecule has 6 nitrogen and oxygen atoms in total. The predicted molar refractivity (Wildman–Crippen MR) is 98.1 cm³/mol. The summed E-state index contributed by atoms with van der Waals surface area (Å²) in [6.45, 7) is 10.7. The first kappa shape index (κ1) is 21.0. The third-order valence-corrected chi connectivity index (χ3v) is 4.89. The monoisotopic (exact) mass is 387 g/mol. The van der Waals surface area contributed by atoms with Crippen LogP contribution in [0.25, 0.3) is 0 Å². The summed E-state index contributed by atoms with van der Waals surface area (Å²) in [6.07, 6.45) is 1.04. The Kier molecular flexibility index (Phi) is 5.96. The van der Waals surface area contributed by atoms with Crippen LogP contribution in [0.2, 0.25) is 0 Å². The lowest BCUT2D eigenvalue weighted by Gasteiger charge is -2.43. The second kappa shape index (κ2) is 7.37. The molecule has 0 unspecified atom stereocenters. The summed E-state index contributed by atoms with van der Waals surface area (Å²) in [5.41, 5.74) is -1.35. The summed E-state index contributed by atoms with van der Waals surface area (Å²) in [6, 6.07) is -1.10. The Morgan fingerprint density at radius 1 is 1.12 bits per heavy atom. The third-order valence-electron chi connectivity index (χ3n) is 4.62. The highest BCUT2D eigenvalue weighted by Gasteiger charge is 2.62. The van der Waals surface area contributed by atoms with Crippen molar-refractivity contribution in [2.24, 2.45) is 11.8 Å². The molecule has 1 saturated heterocycles. The number of hydrogen-bond donors (Lipinski definition) is 0. The van der Waals surface area contributed by atoms with Crippen molar-refractivity contribution in [3.05, 3.63) is 0 Å². The second-order valence-electron chi connectivity index (χ2n) is 9.11. The number of ketones is 1. The fourth-order valence-electron chi connectivity index (χ4n) is 3.73. The number of hydrogen-bond acceptors (Lipinski definition) is 5. The zero-order valence-electron chi connectivity index (χ0n) is 16.5. The number of esters is 1. The van der Waals surface area contributed by atoms with Crippen LogP contribution in [-0.2, 0) is 19.1 Å². The standard InChI is InChI=1S/C19H30ClNO5/c1-18(2,3)25-16(23)13-10-12-14(11(15(12)22)8-7-9-20)21(13)17(24)26-19(4,5)6/h11-14H,7-10H2,1-6H3/t11-,12+,13-,14+/m0/s1. The Labute approximate surface area is 160 Å². The normalized spacial score (nSPS) is 28.4. The van der Waals surface area contributed by atoms with Crippen LogP contribution in [0.1, 0.15) is 60.8 Å². The summed E-state index contributed by atoms with van der Waals surface area (Å²) >= 11 is 5.76. The van der Waals surface area contributed by atoms with Gasteiger partial charge in [0.1, 0.15) is 23.0 Å². The van der Waals surface area contributed by atoms with Crippen molar-refractivity contribution in [1.29, 1.82) is 0 Å². The molecule has 0 radical (unpaired) electrons. The van der Waals surface area contributed by atoms with Crippen molar-refractivity contribution >= 4 is 29.4 Å². The van der Waals surface area contributed by atoms with E-state index in [4.69, 9.17) is 21.1 Å². The molecule has 7 heteroatoms. The van der Waals surface area contributed by atoms with Crippen LogP contribution in [0.3, 0.4) is 0 Å².